The normalized spacial score (nSPS) is 14.7. The SMILES string of the molecule is C=C(C)CNC(=S)N1CCN(C(=S)NCC(=C)C)CC1. The zero-order chi connectivity index (χ0) is 15.1. The molecule has 0 bridgehead atoms. The summed E-state index contributed by atoms with van der Waals surface area (Å²) >= 11 is 10.8. The van der Waals surface area contributed by atoms with Crippen LogP contribution in [0.1, 0.15) is 13.8 Å². The van der Waals surface area contributed by atoms with Gasteiger partial charge in [0.1, 0.15) is 0 Å². The molecule has 112 valence electrons. The minimum atomic E-state index is 0.734. The second-order valence-electron chi connectivity index (χ2n) is 5.21. The Balaban J connectivity index is 2.32. The van der Waals surface area contributed by atoms with Crippen LogP contribution in [0.2, 0.25) is 0 Å². The Morgan fingerprint density at radius 2 is 1.15 bits per heavy atom. The van der Waals surface area contributed by atoms with E-state index >= 15 is 0 Å². The second-order valence-corrected chi connectivity index (χ2v) is 5.98. The Labute approximate surface area is 132 Å². The molecular formula is C14H24N4S2. The third kappa shape index (κ3) is 5.88. The van der Waals surface area contributed by atoms with Crippen LogP contribution in [0.25, 0.3) is 0 Å². The summed E-state index contributed by atoms with van der Waals surface area (Å²) in [5.74, 6) is 0. The third-order valence-electron chi connectivity index (χ3n) is 2.94. The average Bonchev–Trinajstić information content (AvgIpc) is 2.42. The van der Waals surface area contributed by atoms with Crippen LogP contribution in [0.3, 0.4) is 0 Å². The van der Waals surface area contributed by atoms with Gasteiger partial charge in [-0.1, -0.05) is 24.3 Å². The summed E-state index contributed by atoms with van der Waals surface area (Å²) in [7, 11) is 0. The van der Waals surface area contributed by atoms with Gasteiger partial charge in [-0.3, -0.25) is 0 Å². The van der Waals surface area contributed by atoms with Crippen molar-refractivity contribution < 1.29 is 0 Å². The highest BCUT2D eigenvalue weighted by Gasteiger charge is 2.20. The summed E-state index contributed by atoms with van der Waals surface area (Å²) in [4.78, 5) is 4.35. The lowest BCUT2D eigenvalue weighted by molar-refractivity contribution is 0.255. The fourth-order valence-electron chi connectivity index (χ4n) is 1.79. The lowest BCUT2D eigenvalue weighted by Crippen LogP contribution is -2.55. The topological polar surface area (TPSA) is 30.5 Å². The summed E-state index contributed by atoms with van der Waals surface area (Å²) in [5.41, 5.74) is 2.16. The molecule has 0 aromatic carbocycles. The number of hydrogen-bond acceptors (Lipinski definition) is 2. The van der Waals surface area contributed by atoms with Crippen molar-refractivity contribution in [2.24, 2.45) is 0 Å². The summed E-state index contributed by atoms with van der Waals surface area (Å²) in [6.45, 7) is 16.7. The second kappa shape index (κ2) is 8.21. The van der Waals surface area contributed by atoms with E-state index in [-0.39, 0.29) is 0 Å². The van der Waals surface area contributed by atoms with Crippen molar-refractivity contribution in [1.29, 1.82) is 0 Å². The minimum Gasteiger partial charge on any atom is -0.359 e. The van der Waals surface area contributed by atoms with Crippen molar-refractivity contribution in [2.75, 3.05) is 39.3 Å². The molecule has 6 heteroatoms. The predicted molar refractivity (Wildman–Crippen MR) is 94.0 cm³/mol. The number of hydrogen-bond donors (Lipinski definition) is 2. The highest BCUT2D eigenvalue weighted by Crippen LogP contribution is 2.03. The van der Waals surface area contributed by atoms with Gasteiger partial charge in [-0.2, -0.15) is 0 Å². The smallest absolute Gasteiger partial charge is 0.169 e. The Morgan fingerprint density at radius 1 is 0.850 bits per heavy atom. The lowest BCUT2D eigenvalue weighted by atomic mass is 10.3. The summed E-state index contributed by atoms with van der Waals surface area (Å²) in [6.07, 6.45) is 0. The summed E-state index contributed by atoms with van der Waals surface area (Å²) in [6, 6.07) is 0. The van der Waals surface area contributed by atoms with E-state index in [2.05, 4.69) is 33.6 Å². The van der Waals surface area contributed by atoms with E-state index < -0.39 is 0 Å². The largest absolute Gasteiger partial charge is 0.359 e. The first kappa shape index (κ1) is 16.9. The van der Waals surface area contributed by atoms with Gasteiger partial charge in [-0.25, -0.2) is 0 Å². The highest BCUT2D eigenvalue weighted by atomic mass is 32.1. The Morgan fingerprint density at radius 3 is 1.40 bits per heavy atom. The molecule has 0 saturated carbocycles. The molecule has 1 aliphatic rings. The van der Waals surface area contributed by atoms with Crippen molar-refractivity contribution in [3.63, 3.8) is 0 Å². The van der Waals surface area contributed by atoms with Crippen molar-refractivity contribution >= 4 is 34.7 Å². The minimum absolute atomic E-state index is 0.734. The van der Waals surface area contributed by atoms with Gasteiger partial charge < -0.3 is 20.4 Å². The fraction of sp³-hybridized carbons (Fsp3) is 0.571. The molecule has 0 aromatic rings. The Bertz CT molecular complexity index is 360. The first-order valence-electron chi connectivity index (χ1n) is 6.74. The van der Waals surface area contributed by atoms with Crippen LogP contribution in [0.15, 0.2) is 24.3 Å². The summed E-state index contributed by atoms with van der Waals surface area (Å²) < 4.78 is 0. The van der Waals surface area contributed by atoms with E-state index in [1.807, 2.05) is 13.8 Å². The fourth-order valence-corrected chi connectivity index (χ4v) is 2.30. The molecule has 1 aliphatic heterocycles. The van der Waals surface area contributed by atoms with Gasteiger partial charge in [0, 0.05) is 39.3 Å². The molecule has 1 fully saturated rings. The Hall–Kier alpha value is -1.14. The molecule has 20 heavy (non-hydrogen) atoms. The molecule has 0 radical (unpaired) electrons. The quantitative estimate of drug-likeness (QED) is 0.604. The van der Waals surface area contributed by atoms with Crippen molar-refractivity contribution in [3.8, 4) is 0 Å². The monoisotopic (exact) mass is 312 g/mol. The zero-order valence-corrected chi connectivity index (χ0v) is 14.0. The number of nitrogens with zero attached hydrogens (tertiary/aromatic N) is 2. The van der Waals surface area contributed by atoms with Gasteiger partial charge in [-0.05, 0) is 38.3 Å². The average molecular weight is 313 g/mol. The van der Waals surface area contributed by atoms with Crippen LogP contribution in [0.4, 0.5) is 0 Å². The van der Waals surface area contributed by atoms with E-state index in [9.17, 15) is 0 Å². The van der Waals surface area contributed by atoms with Gasteiger partial charge in [0.15, 0.2) is 10.2 Å². The standard InChI is InChI=1S/C14H24N4S2/c1-11(2)9-15-13(19)17-5-7-18(8-6-17)14(20)16-10-12(3)4/h1,3,5-10H2,2,4H3,(H,15,19)(H,16,20). The maximum atomic E-state index is 5.38. The molecule has 0 spiro atoms. The predicted octanol–water partition coefficient (Wildman–Crippen LogP) is 1.51. The maximum Gasteiger partial charge on any atom is 0.169 e. The number of rotatable bonds is 4. The maximum absolute atomic E-state index is 5.38. The van der Waals surface area contributed by atoms with Crippen LogP contribution >= 0.6 is 24.4 Å². The van der Waals surface area contributed by atoms with Crippen LogP contribution in [0.5, 0.6) is 0 Å². The molecule has 1 saturated heterocycles. The molecule has 4 nitrogen and oxygen atoms in total. The molecule has 1 rings (SSSR count). The van der Waals surface area contributed by atoms with E-state index in [4.69, 9.17) is 24.4 Å². The van der Waals surface area contributed by atoms with Crippen LogP contribution < -0.4 is 10.6 Å². The molecule has 1 heterocycles. The molecule has 0 atom stereocenters. The van der Waals surface area contributed by atoms with Gasteiger partial charge in [-0.15, -0.1) is 0 Å². The molecule has 0 amide bonds. The van der Waals surface area contributed by atoms with E-state index in [0.29, 0.717) is 0 Å². The van der Waals surface area contributed by atoms with Crippen LogP contribution in [-0.4, -0.2) is 59.3 Å². The number of nitrogens with one attached hydrogen (secondary N) is 2. The Kier molecular flexibility index (Phi) is 6.95. The zero-order valence-electron chi connectivity index (χ0n) is 12.4. The molecule has 0 aliphatic carbocycles. The van der Waals surface area contributed by atoms with Crippen molar-refractivity contribution in [3.05, 3.63) is 24.3 Å². The van der Waals surface area contributed by atoms with E-state index in [0.717, 1.165) is 60.6 Å². The third-order valence-corrected chi connectivity index (χ3v) is 3.74. The number of thiocarbonyl (C=S) groups is 2. The van der Waals surface area contributed by atoms with Crippen LogP contribution in [0, 0.1) is 0 Å². The van der Waals surface area contributed by atoms with Gasteiger partial charge in [0.05, 0.1) is 0 Å². The van der Waals surface area contributed by atoms with E-state index in [1.165, 1.54) is 0 Å². The molecule has 2 N–H and O–H groups in total. The van der Waals surface area contributed by atoms with E-state index in [1.54, 1.807) is 0 Å². The number of piperazine rings is 1. The van der Waals surface area contributed by atoms with Gasteiger partial charge in [0.25, 0.3) is 0 Å². The van der Waals surface area contributed by atoms with Crippen molar-refractivity contribution in [1.82, 2.24) is 20.4 Å². The van der Waals surface area contributed by atoms with Gasteiger partial charge >= 0.3 is 0 Å². The highest BCUT2D eigenvalue weighted by molar-refractivity contribution is 7.80. The first-order valence-corrected chi connectivity index (χ1v) is 7.56. The molecule has 0 aromatic heterocycles. The summed E-state index contributed by atoms with van der Waals surface area (Å²) in [5, 5.41) is 8.03. The van der Waals surface area contributed by atoms with Crippen molar-refractivity contribution in [2.45, 2.75) is 13.8 Å². The van der Waals surface area contributed by atoms with Gasteiger partial charge in [0.2, 0.25) is 0 Å². The van der Waals surface area contributed by atoms with Crippen LogP contribution in [-0.2, 0) is 0 Å². The molecule has 0 unspecified atom stereocenters. The first-order chi connectivity index (χ1) is 9.40. The lowest BCUT2D eigenvalue weighted by Gasteiger charge is -2.37. The molecular weight excluding hydrogens is 288 g/mol.